The number of carbonyl (C=O) groups is 1. The Labute approximate surface area is 155 Å². The van der Waals surface area contributed by atoms with Crippen molar-refractivity contribution in [3.8, 4) is 11.5 Å². The van der Waals surface area contributed by atoms with Crippen LogP contribution in [0.1, 0.15) is 62.0 Å². The smallest absolute Gasteiger partial charge is 0.372 e. The topological polar surface area (TPSA) is 65.7 Å². The van der Waals surface area contributed by atoms with Gasteiger partial charge in [0.15, 0.2) is 11.4 Å². The number of carbonyl (C=O) groups excluding carboxylic acids is 1. The molecule has 0 saturated carbocycles. The van der Waals surface area contributed by atoms with Gasteiger partial charge in [0, 0.05) is 12.0 Å². The lowest BCUT2D eigenvalue weighted by molar-refractivity contribution is 0.0869. The molecule has 0 aliphatic carbocycles. The lowest BCUT2D eigenvalue weighted by atomic mass is 9.90. The molecule has 0 radical (unpaired) electrons. The van der Waals surface area contributed by atoms with E-state index in [2.05, 4.69) is 0 Å². The first-order valence-electron chi connectivity index (χ1n) is 9.16. The third-order valence-corrected chi connectivity index (χ3v) is 4.93. The van der Waals surface area contributed by atoms with Crippen LogP contribution in [0.15, 0.2) is 15.3 Å². The molecule has 3 heterocycles. The van der Waals surface area contributed by atoms with Gasteiger partial charge in [-0.05, 0) is 39.3 Å². The Balaban J connectivity index is 2.22. The van der Waals surface area contributed by atoms with Crippen molar-refractivity contribution >= 4 is 22.8 Å². The van der Waals surface area contributed by atoms with Gasteiger partial charge in [0.1, 0.15) is 28.8 Å². The first-order chi connectivity index (χ1) is 12.7. The summed E-state index contributed by atoms with van der Waals surface area (Å²) < 4.78 is 32.0. The molecule has 0 bridgehead atoms. The monoisotopic (exact) mass is 372 g/mol. The van der Waals surface area contributed by atoms with Crippen LogP contribution in [0.5, 0.6) is 11.5 Å². The average Bonchev–Trinajstić information content (AvgIpc) is 2.57. The zero-order valence-electron chi connectivity index (χ0n) is 15.8. The minimum Gasteiger partial charge on any atom is -0.489 e. The molecule has 2 aliphatic heterocycles. The van der Waals surface area contributed by atoms with Gasteiger partial charge in [0.2, 0.25) is 5.82 Å². The number of benzene rings is 1. The van der Waals surface area contributed by atoms with E-state index >= 15 is 0 Å². The van der Waals surface area contributed by atoms with Crippen LogP contribution < -0.4 is 15.1 Å². The predicted octanol–water partition coefficient (Wildman–Crippen LogP) is 4.42. The summed E-state index contributed by atoms with van der Waals surface area (Å²) in [5.41, 5.74) is -0.646. The molecule has 1 aromatic heterocycles. The molecular weight excluding hydrogens is 351 g/mol. The van der Waals surface area contributed by atoms with Crippen LogP contribution in [0.2, 0.25) is 0 Å². The number of ether oxygens (including phenoxy) is 2. The van der Waals surface area contributed by atoms with Crippen LogP contribution in [0.25, 0.3) is 17.0 Å². The summed E-state index contributed by atoms with van der Waals surface area (Å²) in [5, 5.41) is 0.353. The maximum atomic E-state index is 14.7. The lowest BCUT2D eigenvalue weighted by Crippen LogP contribution is -2.30. The molecule has 5 nitrogen and oxygen atoms in total. The molecule has 142 valence electrons. The quantitative estimate of drug-likeness (QED) is 0.730. The van der Waals surface area contributed by atoms with Gasteiger partial charge in [-0.2, -0.15) is 4.39 Å². The van der Waals surface area contributed by atoms with E-state index in [9.17, 15) is 14.0 Å². The van der Waals surface area contributed by atoms with Gasteiger partial charge in [0.25, 0.3) is 0 Å². The predicted molar refractivity (Wildman–Crippen MR) is 99.2 cm³/mol. The van der Waals surface area contributed by atoms with Crippen LogP contribution in [0.4, 0.5) is 4.39 Å². The summed E-state index contributed by atoms with van der Waals surface area (Å²) in [5.74, 6) is -0.388. The van der Waals surface area contributed by atoms with Crippen molar-refractivity contribution in [1.29, 1.82) is 0 Å². The highest BCUT2D eigenvalue weighted by molar-refractivity contribution is 6.13. The summed E-state index contributed by atoms with van der Waals surface area (Å²) in [7, 11) is 0. The molecule has 6 heteroatoms. The van der Waals surface area contributed by atoms with Crippen molar-refractivity contribution < 1.29 is 23.1 Å². The number of hydrogen-bond donors (Lipinski definition) is 0. The third kappa shape index (κ3) is 2.66. The van der Waals surface area contributed by atoms with Crippen LogP contribution >= 0.6 is 0 Å². The standard InChI is InChI=1S/C21H21FO5/c1-5-6-11-14-18-12(7-8-21(3,4)27-18)17-15(13(23)9-10(2)25-17)19(14)26-20(24)16(11)22/h7-8,10H,5-6,9H2,1-4H3. The van der Waals surface area contributed by atoms with E-state index in [-0.39, 0.29) is 35.0 Å². The van der Waals surface area contributed by atoms with E-state index in [0.717, 1.165) is 0 Å². The fraction of sp³-hybridized carbons (Fsp3) is 0.429. The molecule has 0 amide bonds. The Hall–Kier alpha value is -2.63. The summed E-state index contributed by atoms with van der Waals surface area (Å²) in [6.07, 6.45) is 4.52. The van der Waals surface area contributed by atoms with E-state index in [1.807, 2.05) is 32.9 Å². The number of hydrogen-bond acceptors (Lipinski definition) is 5. The number of ketones is 1. The van der Waals surface area contributed by atoms with Crippen LogP contribution in [0.3, 0.4) is 0 Å². The molecule has 0 spiro atoms. The number of rotatable bonds is 2. The fourth-order valence-electron chi connectivity index (χ4n) is 3.76. The molecular formula is C21H21FO5. The zero-order valence-corrected chi connectivity index (χ0v) is 15.8. The van der Waals surface area contributed by atoms with Gasteiger partial charge >= 0.3 is 5.63 Å². The summed E-state index contributed by atoms with van der Waals surface area (Å²) in [6.45, 7) is 7.45. The molecule has 1 aromatic carbocycles. The highest BCUT2D eigenvalue weighted by Gasteiger charge is 2.37. The third-order valence-electron chi connectivity index (χ3n) is 4.93. The van der Waals surface area contributed by atoms with Crippen LogP contribution in [-0.4, -0.2) is 17.5 Å². The van der Waals surface area contributed by atoms with E-state index in [4.69, 9.17) is 13.9 Å². The van der Waals surface area contributed by atoms with E-state index in [1.165, 1.54) is 0 Å². The highest BCUT2D eigenvalue weighted by atomic mass is 19.1. The van der Waals surface area contributed by atoms with Crippen LogP contribution in [0, 0.1) is 5.82 Å². The first-order valence-corrected chi connectivity index (χ1v) is 9.16. The van der Waals surface area contributed by atoms with Crippen molar-refractivity contribution in [2.75, 3.05) is 0 Å². The molecule has 2 aromatic rings. The second-order valence-electron chi connectivity index (χ2n) is 7.68. The van der Waals surface area contributed by atoms with E-state index in [1.54, 1.807) is 6.92 Å². The summed E-state index contributed by atoms with van der Waals surface area (Å²) >= 11 is 0. The van der Waals surface area contributed by atoms with Crippen molar-refractivity contribution in [2.45, 2.75) is 58.7 Å². The minimum absolute atomic E-state index is 0.0570. The normalized spacial score (nSPS) is 20.0. The Morgan fingerprint density at radius 1 is 1.26 bits per heavy atom. The van der Waals surface area contributed by atoms with Gasteiger partial charge in [0.05, 0.1) is 10.9 Å². The fourth-order valence-corrected chi connectivity index (χ4v) is 3.76. The van der Waals surface area contributed by atoms with Crippen molar-refractivity contribution in [3.05, 3.63) is 39.0 Å². The summed E-state index contributed by atoms with van der Waals surface area (Å²) in [4.78, 5) is 24.9. The maximum Gasteiger partial charge on any atom is 0.372 e. The number of fused-ring (bicyclic) bond motifs is 6. The zero-order chi connectivity index (χ0) is 19.5. The largest absolute Gasteiger partial charge is 0.489 e. The van der Waals surface area contributed by atoms with Gasteiger partial charge in [-0.1, -0.05) is 13.3 Å². The summed E-state index contributed by atoms with van der Waals surface area (Å²) in [6, 6.07) is 0. The molecule has 27 heavy (non-hydrogen) atoms. The highest BCUT2D eigenvalue weighted by Crippen LogP contribution is 2.48. The van der Waals surface area contributed by atoms with Gasteiger partial charge in [-0.25, -0.2) is 4.79 Å². The van der Waals surface area contributed by atoms with Crippen molar-refractivity contribution in [2.24, 2.45) is 0 Å². The molecule has 0 saturated heterocycles. The number of Topliss-reactive ketones (excluding diaryl/α,β-unsaturated/α-hetero) is 1. The number of aryl methyl sites for hydroxylation is 1. The number of halogens is 1. The van der Waals surface area contributed by atoms with E-state index in [0.29, 0.717) is 35.3 Å². The Morgan fingerprint density at radius 3 is 2.70 bits per heavy atom. The van der Waals surface area contributed by atoms with Gasteiger partial charge in [-0.3, -0.25) is 4.79 Å². The average molecular weight is 372 g/mol. The van der Waals surface area contributed by atoms with Gasteiger partial charge < -0.3 is 13.9 Å². The van der Waals surface area contributed by atoms with Gasteiger partial charge in [-0.15, -0.1) is 0 Å². The maximum absolute atomic E-state index is 14.7. The molecule has 0 N–H and O–H groups in total. The second kappa shape index (κ2) is 5.94. The minimum atomic E-state index is -1.08. The second-order valence-corrected chi connectivity index (χ2v) is 7.68. The van der Waals surface area contributed by atoms with Crippen LogP contribution in [-0.2, 0) is 6.42 Å². The molecule has 0 fully saturated rings. The lowest BCUT2D eigenvalue weighted by Gasteiger charge is -2.33. The molecule has 1 atom stereocenters. The van der Waals surface area contributed by atoms with Crippen molar-refractivity contribution in [1.82, 2.24) is 0 Å². The molecule has 2 aliphatic rings. The first kappa shape index (κ1) is 17.8. The molecule has 4 rings (SSSR count). The molecule has 1 unspecified atom stereocenters. The Morgan fingerprint density at radius 2 is 2.00 bits per heavy atom. The van der Waals surface area contributed by atoms with Crippen molar-refractivity contribution in [3.63, 3.8) is 0 Å². The SMILES string of the molecule is CCCc1c(F)c(=O)oc2c3c(c4c(c12)OC(C)(C)C=C4)OC(C)CC3=O. The van der Waals surface area contributed by atoms with E-state index < -0.39 is 17.0 Å². The Kier molecular flexibility index (Phi) is 3.91. The Bertz CT molecular complexity index is 1060.